The van der Waals surface area contributed by atoms with E-state index in [2.05, 4.69) is 17.0 Å². The van der Waals surface area contributed by atoms with Gasteiger partial charge >= 0.3 is 0 Å². The molecule has 0 unspecified atom stereocenters. The highest BCUT2D eigenvalue weighted by Crippen LogP contribution is 1.82. The van der Waals surface area contributed by atoms with Crippen LogP contribution in [-0.4, -0.2) is 24.9 Å². The lowest BCUT2D eigenvalue weighted by molar-refractivity contribution is 0.359. The number of hydrogen-bond donors (Lipinski definition) is 1. The molecule has 0 aliphatic carbocycles. The quantitative estimate of drug-likeness (QED) is 0.361. The van der Waals surface area contributed by atoms with Gasteiger partial charge in [-0.15, -0.1) is 0 Å². The Labute approximate surface area is 62.4 Å². The zero-order chi connectivity index (χ0) is 7.98. The van der Waals surface area contributed by atoms with Crippen molar-refractivity contribution < 1.29 is 0 Å². The van der Waals surface area contributed by atoms with Gasteiger partial charge in [0.25, 0.3) is 0 Å². The highest BCUT2D eigenvalue weighted by atomic mass is 15.5. The summed E-state index contributed by atoms with van der Waals surface area (Å²) in [6, 6.07) is 0. The molecule has 0 amide bonds. The van der Waals surface area contributed by atoms with Gasteiger partial charge in [0.15, 0.2) is 0 Å². The van der Waals surface area contributed by atoms with Crippen LogP contribution in [-0.2, 0) is 0 Å². The molecule has 0 aliphatic heterocycles. The van der Waals surface area contributed by atoms with Crippen molar-refractivity contribution in [3.05, 3.63) is 12.8 Å². The second-order valence-corrected chi connectivity index (χ2v) is 2.12. The molecule has 58 valence electrons. The second-order valence-electron chi connectivity index (χ2n) is 2.12. The molecule has 10 heavy (non-hydrogen) atoms. The van der Waals surface area contributed by atoms with Crippen molar-refractivity contribution in [1.82, 2.24) is 10.4 Å². The maximum atomic E-state index is 4.01. The van der Waals surface area contributed by atoms with Gasteiger partial charge < -0.3 is 5.43 Å². The van der Waals surface area contributed by atoms with E-state index in [4.69, 9.17) is 0 Å². The number of hydrazine groups is 1. The van der Waals surface area contributed by atoms with E-state index in [0.29, 0.717) is 0 Å². The summed E-state index contributed by atoms with van der Waals surface area (Å²) in [5.74, 6) is 0.931. The van der Waals surface area contributed by atoms with Crippen LogP contribution in [0.3, 0.4) is 0 Å². The van der Waals surface area contributed by atoms with E-state index >= 15 is 0 Å². The number of rotatable bonds is 3. The Balaban J connectivity index is 3.82. The number of amidine groups is 1. The topological polar surface area (TPSA) is 27.6 Å². The lowest BCUT2D eigenvalue weighted by Crippen LogP contribution is -2.35. The van der Waals surface area contributed by atoms with Gasteiger partial charge in [-0.3, -0.25) is 0 Å². The fourth-order valence-electron chi connectivity index (χ4n) is 0.568. The number of nitrogens with one attached hydrogen (secondary N) is 1. The first-order chi connectivity index (χ1) is 4.70. The van der Waals surface area contributed by atoms with E-state index in [-0.39, 0.29) is 0 Å². The molecule has 0 aromatic rings. The van der Waals surface area contributed by atoms with E-state index in [0.717, 1.165) is 12.3 Å². The summed E-state index contributed by atoms with van der Waals surface area (Å²) in [6.07, 6.45) is 2.43. The number of aliphatic imine (C=N–C) groups is 1. The smallest absolute Gasteiger partial charge is 0.115 e. The zero-order valence-corrected chi connectivity index (χ0v) is 6.89. The normalized spacial score (nSPS) is 11.8. The largest absolute Gasteiger partial charge is 0.307 e. The average Bonchev–Trinajstić information content (AvgIpc) is 1.86. The highest BCUT2D eigenvalue weighted by molar-refractivity contribution is 5.81. The van der Waals surface area contributed by atoms with Crippen LogP contribution in [0.25, 0.3) is 0 Å². The minimum atomic E-state index is 0.893. The Morgan fingerprint density at radius 2 is 2.30 bits per heavy atom. The minimum Gasteiger partial charge on any atom is -0.307 e. The molecule has 0 bridgehead atoms. The predicted octanol–water partition coefficient (Wildman–Crippen LogP) is 1.00. The van der Waals surface area contributed by atoms with Crippen molar-refractivity contribution in [2.45, 2.75) is 13.3 Å². The van der Waals surface area contributed by atoms with Crippen molar-refractivity contribution in [3.8, 4) is 0 Å². The summed E-state index contributed by atoms with van der Waals surface area (Å²) in [4.78, 5) is 4.01. The maximum absolute atomic E-state index is 4.01. The Kier molecular flexibility index (Phi) is 4.58. The third kappa shape index (κ3) is 4.09. The van der Waals surface area contributed by atoms with Crippen molar-refractivity contribution in [3.63, 3.8) is 0 Å². The van der Waals surface area contributed by atoms with Crippen molar-refractivity contribution in [2.75, 3.05) is 14.1 Å². The summed E-state index contributed by atoms with van der Waals surface area (Å²) in [5.41, 5.74) is 3.04. The SMILES string of the molecule is C=CN=C(CC)NN(C)C. The third-order valence-electron chi connectivity index (χ3n) is 0.935. The molecule has 0 spiro atoms. The first kappa shape index (κ1) is 9.17. The molecule has 1 N–H and O–H groups in total. The zero-order valence-electron chi connectivity index (χ0n) is 6.89. The molecule has 0 saturated carbocycles. The van der Waals surface area contributed by atoms with Gasteiger partial charge in [-0.1, -0.05) is 13.5 Å². The average molecular weight is 141 g/mol. The van der Waals surface area contributed by atoms with Crippen LogP contribution in [0.4, 0.5) is 0 Å². The van der Waals surface area contributed by atoms with Gasteiger partial charge in [0.1, 0.15) is 5.84 Å². The van der Waals surface area contributed by atoms with Gasteiger partial charge in [0.05, 0.1) is 0 Å². The van der Waals surface area contributed by atoms with Gasteiger partial charge in [-0.05, 0) is 0 Å². The van der Waals surface area contributed by atoms with Crippen LogP contribution in [0.2, 0.25) is 0 Å². The monoisotopic (exact) mass is 141 g/mol. The van der Waals surface area contributed by atoms with E-state index in [1.165, 1.54) is 6.20 Å². The van der Waals surface area contributed by atoms with E-state index in [9.17, 15) is 0 Å². The summed E-state index contributed by atoms with van der Waals surface area (Å²) in [6.45, 7) is 5.55. The third-order valence-corrected chi connectivity index (χ3v) is 0.935. The second kappa shape index (κ2) is 4.99. The Morgan fingerprint density at radius 1 is 1.70 bits per heavy atom. The van der Waals surface area contributed by atoms with E-state index in [1.54, 1.807) is 0 Å². The standard InChI is InChI=1S/C7H15N3/c1-5-7(8-6-2)9-10(3)4/h6H,2,5H2,1,3-4H3,(H,8,9). The summed E-state index contributed by atoms with van der Waals surface area (Å²) >= 11 is 0. The highest BCUT2D eigenvalue weighted by Gasteiger charge is 1.92. The summed E-state index contributed by atoms with van der Waals surface area (Å²) < 4.78 is 0. The molecule has 3 heteroatoms. The molecule has 0 radical (unpaired) electrons. The minimum absolute atomic E-state index is 0.893. The molecule has 0 rings (SSSR count). The predicted molar refractivity (Wildman–Crippen MR) is 44.7 cm³/mol. The van der Waals surface area contributed by atoms with E-state index < -0.39 is 0 Å². The molecule has 0 aliphatic rings. The van der Waals surface area contributed by atoms with Crippen LogP contribution in [0.15, 0.2) is 17.8 Å². The fourth-order valence-corrected chi connectivity index (χ4v) is 0.568. The first-order valence-corrected chi connectivity index (χ1v) is 3.32. The molecule has 0 fully saturated rings. The van der Waals surface area contributed by atoms with Crippen molar-refractivity contribution in [2.24, 2.45) is 4.99 Å². The van der Waals surface area contributed by atoms with Crippen molar-refractivity contribution >= 4 is 5.84 Å². The first-order valence-electron chi connectivity index (χ1n) is 3.32. The van der Waals surface area contributed by atoms with Gasteiger partial charge in [0.2, 0.25) is 0 Å². The van der Waals surface area contributed by atoms with Crippen LogP contribution >= 0.6 is 0 Å². The van der Waals surface area contributed by atoms with Crippen LogP contribution < -0.4 is 5.43 Å². The molecule has 0 heterocycles. The lowest BCUT2D eigenvalue weighted by Gasteiger charge is -2.13. The van der Waals surface area contributed by atoms with Crippen LogP contribution in [0, 0.1) is 0 Å². The van der Waals surface area contributed by atoms with E-state index in [1.807, 2.05) is 26.0 Å². The van der Waals surface area contributed by atoms with Gasteiger partial charge in [0, 0.05) is 26.7 Å². The number of hydrogen-bond acceptors (Lipinski definition) is 2. The van der Waals surface area contributed by atoms with Crippen molar-refractivity contribution in [1.29, 1.82) is 0 Å². The van der Waals surface area contributed by atoms with Crippen LogP contribution in [0.5, 0.6) is 0 Å². The number of nitrogens with zero attached hydrogens (tertiary/aromatic N) is 2. The molecule has 0 saturated heterocycles. The molecular weight excluding hydrogens is 126 g/mol. The molecule has 3 nitrogen and oxygen atoms in total. The Hall–Kier alpha value is -0.830. The molecular formula is C7H15N3. The lowest BCUT2D eigenvalue weighted by atomic mass is 10.4. The van der Waals surface area contributed by atoms with Gasteiger partial charge in [-0.2, -0.15) is 0 Å². The molecule has 0 atom stereocenters. The van der Waals surface area contributed by atoms with Crippen LogP contribution in [0.1, 0.15) is 13.3 Å². The maximum Gasteiger partial charge on any atom is 0.115 e. The van der Waals surface area contributed by atoms with Gasteiger partial charge in [-0.25, -0.2) is 10.0 Å². The summed E-state index contributed by atoms with van der Waals surface area (Å²) in [7, 11) is 3.85. The Bertz CT molecular complexity index is 127. The molecule has 0 aromatic carbocycles. The summed E-state index contributed by atoms with van der Waals surface area (Å²) in [5, 5.41) is 1.85. The Morgan fingerprint density at radius 3 is 2.60 bits per heavy atom. The fraction of sp³-hybridized carbons (Fsp3) is 0.571. The molecule has 0 aromatic heterocycles.